The fourth-order valence-corrected chi connectivity index (χ4v) is 2.91. The van der Waals surface area contributed by atoms with Crippen LogP contribution in [0.4, 0.5) is 0 Å². The van der Waals surface area contributed by atoms with Gasteiger partial charge >= 0.3 is 0 Å². The fourth-order valence-electron chi connectivity index (χ4n) is 2.91. The molecule has 1 aromatic heterocycles. The molecule has 1 heterocycles. The highest BCUT2D eigenvalue weighted by Gasteiger charge is 2.20. The number of hydrogen-bond donors (Lipinski definition) is 2. The highest BCUT2D eigenvalue weighted by molar-refractivity contribution is 5.06. The lowest BCUT2D eigenvalue weighted by atomic mass is 9.83. The van der Waals surface area contributed by atoms with Crippen molar-refractivity contribution in [1.29, 1.82) is 0 Å². The SMILES string of the molecule is CCCC1CCC(NCc2ccc(CO)o2)CC1. The zero-order chi connectivity index (χ0) is 12.8. The van der Waals surface area contributed by atoms with Crippen molar-refractivity contribution < 1.29 is 9.52 Å². The Morgan fingerprint density at radius 3 is 2.56 bits per heavy atom. The second kappa shape index (κ2) is 6.95. The Kier molecular flexibility index (Phi) is 5.26. The zero-order valence-corrected chi connectivity index (χ0v) is 11.3. The molecule has 0 unspecified atom stereocenters. The summed E-state index contributed by atoms with van der Waals surface area (Å²) in [6.07, 6.45) is 8.03. The Morgan fingerprint density at radius 1 is 1.22 bits per heavy atom. The van der Waals surface area contributed by atoms with Gasteiger partial charge in [-0.25, -0.2) is 0 Å². The summed E-state index contributed by atoms with van der Waals surface area (Å²) in [5.74, 6) is 2.53. The van der Waals surface area contributed by atoms with Crippen LogP contribution in [0.2, 0.25) is 0 Å². The molecular formula is C15H25NO2. The minimum atomic E-state index is -0.0118. The highest BCUT2D eigenvalue weighted by Crippen LogP contribution is 2.27. The largest absolute Gasteiger partial charge is 0.462 e. The highest BCUT2D eigenvalue weighted by atomic mass is 16.4. The van der Waals surface area contributed by atoms with Crippen molar-refractivity contribution in [2.24, 2.45) is 5.92 Å². The van der Waals surface area contributed by atoms with Gasteiger partial charge in [0.25, 0.3) is 0 Å². The van der Waals surface area contributed by atoms with E-state index in [-0.39, 0.29) is 6.61 Å². The topological polar surface area (TPSA) is 45.4 Å². The van der Waals surface area contributed by atoms with Crippen LogP contribution in [0.3, 0.4) is 0 Å². The van der Waals surface area contributed by atoms with Gasteiger partial charge in [0.2, 0.25) is 0 Å². The molecule has 2 N–H and O–H groups in total. The van der Waals surface area contributed by atoms with Crippen molar-refractivity contribution >= 4 is 0 Å². The molecule has 102 valence electrons. The Balaban J connectivity index is 1.68. The van der Waals surface area contributed by atoms with Gasteiger partial charge in [-0.1, -0.05) is 19.8 Å². The maximum Gasteiger partial charge on any atom is 0.129 e. The summed E-state index contributed by atoms with van der Waals surface area (Å²) in [6, 6.07) is 4.43. The second-order valence-corrected chi connectivity index (χ2v) is 5.41. The number of rotatable bonds is 6. The Hall–Kier alpha value is -0.800. The molecule has 2 rings (SSSR count). The van der Waals surface area contributed by atoms with Crippen LogP contribution < -0.4 is 5.32 Å². The minimum absolute atomic E-state index is 0.0118. The molecule has 0 radical (unpaired) electrons. The molecular weight excluding hydrogens is 226 g/mol. The second-order valence-electron chi connectivity index (χ2n) is 5.41. The number of aliphatic hydroxyl groups excluding tert-OH is 1. The zero-order valence-electron chi connectivity index (χ0n) is 11.3. The van der Waals surface area contributed by atoms with Crippen molar-refractivity contribution in [2.45, 2.75) is 64.6 Å². The standard InChI is InChI=1S/C15H25NO2/c1-2-3-12-4-6-13(7-5-12)16-10-14-8-9-15(11-17)18-14/h8-9,12-13,16-17H,2-7,10-11H2,1H3. The van der Waals surface area contributed by atoms with Gasteiger partial charge in [0.15, 0.2) is 0 Å². The smallest absolute Gasteiger partial charge is 0.129 e. The van der Waals surface area contributed by atoms with Crippen molar-refractivity contribution in [3.05, 3.63) is 23.7 Å². The molecule has 1 fully saturated rings. The van der Waals surface area contributed by atoms with E-state index in [4.69, 9.17) is 9.52 Å². The van der Waals surface area contributed by atoms with Crippen molar-refractivity contribution in [3.8, 4) is 0 Å². The summed E-state index contributed by atoms with van der Waals surface area (Å²) in [5, 5.41) is 12.5. The molecule has 0 aliphatic heterocycles. The third kappa shape index (κ3) is 3.85. The van der Waals surface area contributed by atoms with E-state index >= 15 is 0 Å². The molecule has 0 atom stereocenters. The summed E-state index contributed by atoms with van der Waals surface area (Å²) < 4.78 is 5.47. The molecule has 3 nitrogen and oxygen atoms in total. The summed E-state index contributed by atoms with van der Waals surface area (Å²) in [4.78, 5) is 0. The monoisotopic (exact) mass is 251 g/mol. The summed E-state index contributed by atoms with van der Waals surface area (Å²) in [7, 11) is 0. The van der Waals surface area contributed by atoms with Crippen molar-refractivity contribution in [3.63, 3.8) is 0 Å². The predicted octanol–water partition coefficient (Wildman–Crippen LogP) is 3.22. The summed E-state index contributed by atoms with van der Waals surface area (Å²) in [6.45, 7) is 3.05. The van der Waals surface area contributed by atoms with E-state index in [1.54, 1.807) is 0 Å². The van der Waals surface area contributed by atoms with Gasteiger partial charge in [-0.3, -0.25) is 0 Å². The third-order valence-corrected chi connectivity index (χ3v) is 3.98. The Bertz CT molecular complexity index is 340. The van der Waals surface area contributed by atoms with E-state index in [2.05, 4.69) is 12.2 Å². The quantitative estimate of drug-likeness (QED) is 0.816. The van der Waals surface area contributed by atoms with Crippen LogP contribution in [0.1, 0.15) is 57.0 Å². The van der Waals surface area contributed by atoms with Crippen LogP contribution in [0.15, 0.2) is 16.5 Å². The van der Waals surface area contributed by atoms with E-state index in [9.17, 15) is 0 Å². The Labute approximate surface area is 110 Å². The van der Waals surface area contributed by atoms with E-state index in [0.29, 0.717) is 11.8 Å². The summed E-state index contributed by atoms with van der Waals surface area (Å²) in [5.41, 5.74) is 0. The maximum absolute atomic E-state index is 8.93. The van der Waals surface area contributed by atoms with E-state index < -0.39 is 0 Å². The first kappa shape index (κ1) is 13.6. The molecule has 1 saturated carbocycles. The van der Waals surface area contributed by atoms with E-state index in [0.717, 1.165) is 18.2 Å². The van der Waals surface area contributed by atoms with Gasteiger partial charge in [0.1, 0.15) is 18.1 Å². The molecule has 0 bridgehead atoms. The lowest BCUT2D eigenvalue weighted by Gasteiger charge is -2.28. The van der Waals surface area contributed by atoms with Crippen LogP contribution in [-0.4, -0.2) is 11.1 Å². The van der Waals surface area contributed by atoms with Gasteiger partial charge in [-0.2, -0.15) is 0 Å². The van der Waals surface area contributed by atoms with Crippen LogP contribution >= 0.6 is 0 Å². The molecule has 1 aromatic rings. The van der Waals surface area contributed by atoms with Crippen LogP contribution in [0.5, 0.6) is 0 Å². The molecule has 18 heavy (non-hydrogen) atoms. The Morgan fingerprint density at radius 2 is 1.94 bits per heavy atom. The van der Waals surface area contributed by atoms with E-state index in [1.807, 2.05) is 12.1 Å². The first-order valence-corrected chi connectivity index (χ1v) is 7.23. The number of hydrogen-bond acceptors (Lipinski definition) is 3. The number of nitrogens with one attached hydrogen (secondary N) is 1. The first-order valence-electron chi connectivity index (χ1n) is 7.23. The number of aliphatic hydroxyl groups is 1. The molecule has 0 spiro atoms. The molecule has 1 aliphatic carbocycles. The van der Waals surface area contributed by atoms with E-state index in [1.165, 1.54) is 38.5 Å². The van der Waals surface area contributed by atoms with Gasteiger partial charge in [-0.15, -0.1) is 0 Å². The van der Waals surface area contributed by atoms with Gasteiger partial charge < -0.3 is 14.8 Å². The van der Waals surface area contributed by atoms with Crippen LogP contribution in [-0.2, 0) is 13.2 Å². The molecule has 0 saturated heterocycles. The van der Waals surface area contributed by atoms with Crippen LogP contribution in [0, 0.1) is 5.92 Å². The van der Waals surface area contributed by atoms with Gasteiger partial charge in [-0.05, 0) is 43.7 Å². The van der Waals surface area contributed by atoms with Crippen molar-refractivity contribution in [2.75, 3.05) is 0 Å². The molecule has 1 aliphatic rings. The predicted molar refractivity (Wildman–Crippen MR) is 72.1 cm³/mol. The average Bonchev–Trinajstić information content (AvgIpc) is 2.86. The third-order valence-electron chi connectivity index (χ3n) is 3.98. The lowest BCUT2D eigenvalue weighted by molar-refractivity contribution is 0.239. The summed E-state index contributed by atoms with van der Waals surface area (Å²) >= 11 is 0. The minimum Gasteiger partial charge on any atom is -0.462 e. The average molecular weight is 251 g/mol. The maximum atomic E-state index is 8.93. The molecule has 0 aromatic carbocycles. The lowest BCUT2D eigenvalue weighted by Crippen LogP contribution is -2.32. The van der Waals surface area contributed by atoms with Gasteiger partial charge in [0.05, 0.1) is 6.54 Å². The normalized spacial score (nSPS) is 24.3. The first-order chi connectivity index (χ1) is 8.81. The van der Waals surface area contributed by atoms with Crippen molar-refractivity contribution in [1.82, 2.24) is 5.32 Å². The molecule has 0 amide bonds. The van der Waals surface area contributed by atoms with Gasteiger partial charge in [0, 0.05) is 6.04 Å². The molecule has 3 heteroatoms. The number of furan rings is 1. The van der Waals surface area contributed by atoms with Crippen LogP contribution in [0.25, 0.3) is 0 Å². The fraction of sp³-hybridized carbons (Fsp3) is 0.733.